The van der Waals surface area contributed by atoms with Crippen LogP contribution < -0.4 is 11.0 Å². The highest BCUT2D eigenvalue weighted by Gasteiger charge is 2.28. The number of alkyl carbamates (subject to hydrolysis) is 1. The summed E-state index contributed by atoms with van der Waals surface area (Å²) in [7, 11) is 0. The maximum atomic E-state index is 11.9. The topological polar surface area (TPSA) is 88.5 Å². The van der Waals surface area contributed by atoms with E-state index in [-0.39, 0.29) is 23.7 Å². The van der Waals surface area contributed by atoms with Crippen molar-refractivity contribution in [3.8, 4) is 0 Å². The highest BCUT2D eigenvalue weighted by atomic mass is 16.6. The van der Waals surface area contributed by atoms with Crippen molar-refractivity contribution < 1.29 is 9.53 Å². The van der Waals surface area contributed by atoms with Crippen molar-refractivity contribution in [2.75, 3.05) is 0 Å². The number of carbonyl (C=O) groups excluding carboxylic acids is 1. The predicted octanol–water partition coefficient (Wildman–Crippen LogP) is 2.88. The second-order valence-corrected chi connectivity index (χ2v) is 7.83. The molecule has 3 rings (SSSR count). The van der Waals surface area contributed by atoms with Crippen LogP contribution in [0.4, 0.5) is 4.79 Å². The summed E-state index contributed by atoms with van der Waals surface area (Å²) < 4.78 is 6.95. The molecule has 7 nitrogen and oxygen atoms in total. The van der Waals surface area contributed by atoms with Gasteiger partial charge in [0.05, 0.1) is 11.2 Å². The summed E-state index contributed by atoms with van der Waals surface area (Å²) in [5, 5.41) is 9.87. The third-order valence-corrected chi connectivity index (χ3v) is 4.66. The van der Waals surface area contributed by atoms with E-state index < -0.39 is 5.60 Å². The van der Waals surface area contributed by atoms with Gasteiger partial charge in [0.1, 0.15) is 5.60 Å². The fourth-order valence-corrected chi connectivity index (χ4v) is 3.51. The van der Waals surface area contributed by atoms with Crippen molar-refractivity contribution >= 4 is 11.6 Å². The number of amides is 1. The number of ether oxygens (including phenoxy) is 1. The van der Waals surface area contributed by atoms with Crippen molar-refractivity contribution in [3.05, 3.63) is 34.0 Å². The number of H-pyrrole nitrogens is 1. The zero-order chi connectivity index (χ0) is 18.2. The van der Waals surface area contributed by atoms with Gasteiger partial charge in [0, 0.05) is 18.2 Å². The number of hydrogen-bond donors (Lipinski definition) is 2. The second kappa shape index (κ2) is 6.54. The molecule has 2 aromatic rings. The van der Waals surface area contributed by atoms with E-state index in [0.29, 0.717) is 0 Å². The van der Waals surface area contributed by atoms with Crippen LogP contribution in [0.25, 0.3) is 5.52 Å². The van der Waals surface area contributed by atoms with Crippen LogP contribution in [0.3, 0.4) is 0 Å². The molecule has 0 aliphatic heterocycles. The molecule has 1 aliphatic carbocycles. The molecular formula is C18H26N4O3. The minimum Gasteiger partial charge on any atom is -0.444 e. The first-order chi connectivity index (χ1) is 11.7. The number of nitrogens with zero attached hydrogens (tertiary/aromatic N) is 2. The molecule has 1 fully saturated rings. The number of aryl methyl sites for hydroxylation is 1. The van der Waals surface area contributed by atoms with E-state index >= 15 is 0 Å². The zero-order valence-corrected chi connectivity index (χ0v) is 15.3. The second-order valence-electron chi connectivity index (χ2n) is 7.83. The Bertz CT molecular complexity index is 823. The Morgan fingerprint density at radius 3 is 2.64 bits per heavy atom. The number of aromatic amines is 1. The fourth-order valence-electron chi connectivity index (χ4n) is 3.51. The Hall–Kier alpha value is -2.31. The van der Waals surface area contributed by atoms with E-state index in [1.54, 1.807) is 10.6 Å². The van der Waals surface area contributed by atoms with Gasteiger partial charge in [0.2, 0.25) is 0 Å². The van der Waals surface area contributed by atoms with E-state index in [0.717, 1.165) is 42.5 Å². The molecule has 136 valence electrons. The summed E-state index contributed by atoms with van der Waals surface area (Å²) in [5.74, 6) is 0.282. The van der Waals surface area contributed by atoms with E-state index in [9.17, 15) is 9.59 Å². The molecule has 0 radical (unpaired) electrons. The van der Waals surface area contributed by atoms with Gasteiger partial charge < -0.3 is 10.1 Å². The molecule has 25 heavy (non-hydrogen) atoms. The number of hydrogen-bond acceptors (Lipinski definition) is 4. The number of nitrogens with one attached hydrogen (secondary N) is 2. The van der Waals surface area contributed by atoms with Gasteiger partial charge in [-0.1, -0.05) is 0 Å². The highest BCUT2D eigenvalue weighted by molar-refractivity contribution is 5.68. The van der Waals surface area contributed by atoms with Gasteiger partial charge in [-0.3, -0.25) is 4.40 Å². The first-order valence-corrected chi connectivity index (χ1v) is 8.80. The SMILES string of the molecule is Cc1ccn2c(=O)[nH]nc(C3CCC(NC(=O)OC(C)(C)C)CC3)c12. The summed E-state index contributed by atoms with van der Waals surface area (Å²) in [6, 6.07) is 2.06. The standard InChI is InChI=1S/C18H26N4O3/c1-11-9-10-22-15(11)14(20-21-16(22)23)12-5-7-13(8-6-12)19-17(24)25-18(2,3)4/h9-10,12-13H,5-8H2,1-4H3,(H,19,24)(H,21,23). The van der Waals surface area contributed by atoms with Crippen LogP contribution in [-0.4, -0.2) is 32.3 Å². The minimum absolute atomic E-state index is 0.123. The lowest BCUT2D eigenvalue weighted by atomic mass is 9.83. The number of carbonyl (C=O) groups is 1. The Morgan fingerprint density at radius 2 is 2.00 bits per heavy atom. The molecule has 0 bridgehead atoms. The van der Waals surface area contributed by atoms with Gasteiger partial charge in [0.25, 0.3) is 0 Å². The van der Waals surface area contributed by atoms with E-state index in [1.807, 2.05) is 33.8 Å². The Kier molecular flexibility index (Phi) is 4.58. The summed E-state index contributed by atoms with van der Waals surface area (Å²) in [6.07, 6.45) is 5.00. The zero-order valence-electron chi connectivity index (χ0n) is 15.3. The maximum absolute atomic E-state index is 11.9. The molecule has 1 aliphatic rings. The van der Waals surface area contributed by atoms with Crippen LogP contribution in [0, 0.1) is 6.92 Å². The van der Waals surface area contributed by atoms with Crippen LogP contribution in [0.2, 0.25) is 0 Å². The third kappa shape index (κ3) is 3.86. The van der Waals surface area contributed by atoms with Gasteiger partial charge in [-0.2, -0.15) is 5.10 Å². The molecule has 0 unspecified atom stereocenters. The monoisotopic (exact) mass is 346 g/mol. The lowest BCUT2D eigenvalue weighted by molar-refractivity contribution is 0.0491. The Morgan fingerprint density at radius 1 is 1.32 bits per heavy atom. The van der Waals surface area contributed by atoms with Crippen LogP contribution in [0.1, 0.15) is 63.6 Å². The lowest BCUT2D eigenvalue weighted by Crippen LogP contribution is -2.40. The molecule has 0 spiro atoms. The van der Waals surface area contributed by atoms with Gasteiger partial charge >= 0.3 is 11.8 Å². The van der Waals surface area contributed by atoms with Crippen molar-refractivity contribution in [1.82, 2.24) is 19.9 Å². The van der Waals surface area contributed by atoms with E-state index in [2.05, 4.69) is 15.5 Å². The fraction of sp³-hybridized carbons (Fsp3) is 0.611. The Balaban J connectivity index is 1.67. The van der Waals surface area contributed by atoms with Crippen LogP contribution in [0.5, 0.6) is 0 Å². The van der Waals surface area contributed by atoms with Gasteiger partial charge in [-0.25, -0.2) is 14.7 Å². The normalized spacial score (nSPS) is 21.3. The summed E-state index contributed by atoms with van der Waals surface area (Å²) in [4.78, 5) is 23.8. The van der Waals surface area contributed by atoms with Crippen molar-refractivity contribution in [2.24, 2.45) is 0 Å². The molecule has 1 saturated carbocycles. The first-order valence-electron chi connectivity index (χ1n) is 8.80. The van der Waals surface area contributed by atoms with Gasteiger partial charge in [0.15, 0.2) is 0 Å². The third-order valence-electron chi connectivity index (χ3n) is 4.66. The molecule has 2 aromatic heterocycles. The van der Waals surface area contributed by atoms with Gasteiger partial charge in [-0.15, -0.1) is 0 Å². The largest absolute Gasteiger partial charge is 0.444 e. The smallest absolute Gasteiger partial charge is 0.407 e. The average molecular weight is 346 g/mol. The molecule has 0 atom stereocenters. The first kappa shape index (κ1) is 17.5. The number of fused-ring (bicyclic) bond motifs is 1. The van der Waals surface area contributed by atoms with E-state index in [1.165, 1.54) is 0 Å². The summed E-state index contributed by atoms with van der Waals surface area (Å²) >= 11 is 0. The van der Waals surface area contributed by atoms with Crippen molar-refractivity contribution in [1.29, 1.82) is 0 Å². The Labute approximate surface area is 146 Å². The predicted molar refractivity (Wildman–Crippen MR) is 94.9 cm³/mol. The molecular weight excluding hydrogens is 320 g/mol. The molecule has 1 amide bonds. The van der Waals surface area contributed by atoms with Crippen molar-refractivity contribution in [3.63, 3.8) is 0 Å². The summed E-state index contributed by atoms with van der Waals surface area (Å²) in [6.45, 7) is 7.57. The maximum Gasteiger partial charge on any atom is 0.407 e. The van der Waals surface area contributed by atoms with Crippen LogP contribution in [-0.2, 0) is 4.74 Å². The number of aromatic nitrogens is 3. The van der Waals surface area contributed by atoms with Crippen LogP contribution >= 0.6 is 0 Å². The molecule has 2 N–H and O–H groups in total. The molecule has 0 saturated heterocycles. The number of rotatable bonds is 2. The molecule has 0 aromatic carbocycles. The van der Waals surface area contributed by atoms with Crippen molar-refractivity contribution in [2.45, 2.75) is 70.9 Å². The summed E-state index contributed by atoms with van der Waals surface area (Å²) in [5.41, 5.74) is 2.21. The van der Waals surface area contributed by atoms with Gasteiger partial charge in [-0.05, 0) is 65.0 Å². The highest BCUT2D eigenvalue weighted by Crippen LogP contribution is 2.34. The van der Waals surface area contributed by atoms with Crippen LogP contribution in [0.15, 0.2) is 17.1 Å². The quantitative estimate of drug-likeness (QED) is 0.875. The molecule has 7 heteroatoms. The van der Waals surface area contributed by atoms with E-state index in [4.69, 9.17) is 4.74 Å². The minimum atomic E-state index is -0.487. The average Bonchev–Trinajstić information content (AvgIpc) is 2.90. The lowest BCUT2D eigenvalue weighted by Gasteiger charge is -2.30. The molecule has 2 heterocycles.